The minimum absolute atomic E-state index is 0.159. The van der Waals surface area contributed by atoms with Gasteiger partial charge in [-0.2, -0.15) is 0 Å². The predicted molar refractivity (Wildman–Crippen MR) is 130 cm³/mol. The Morgan fingerprint density at radius 1 is 1.09 bits per heavy atom. The van der Waals surface area contributed by atoms with Gasteiger partial charge in [0.25, 0.3) is 15.9 Å². The van der Waals surface area contributed by atoms with Crippen molar-refractivity contribution in [2.24, 2.45) is 0 Å². The molecule has 2 aromatic carbocycles. The third-order valence-corrected chi connectivity index (χ3v) is 8.37. The van der Waals surface area contributed by atoms with E-state index in [0.29, 0.717) is 17.1 Å². The van der Waals surface area contributed by atoms with Gasteiger partial charge in [0.1, 0.15) is 9.96 Å². The first kappa shape index (κ1) is 23.1. The molecule has 1 N–H and O–H groups in total. The summed E-state index contributed by atoms with van der Waals surface area (Å²) in [5, 5.41) is 4.54. The number of ether oxygens (including phenoxy) is 2. The van der Waals surface area contributed by atoms with E-state index in [-0.39, 0.29) is 16.7 Å². The van der Waals surface area contributed by atoms with Gasteiger partial charge in [0.2, 0.25) is 0 Å². The highest BCUT2D eigenvalue weighted by molar-refractivity contribution is 7.94. The predicted octanol–water partition coefficient (Wildman–Crippen LogP) is 3.43. The highest BCUT2D eigenvalue weighted by Crippen LogP contribution is 2.26. The summed E-state index contributed by atoms with van der Waals surface area (Å²) in [4.78, 5) is 14.5. The molecule has 0 spiro atoms. The van der Waals surface area contributed by atoms with Crippen LogP contribution in [0.4, 0.5) is 17.1 Å². The van der Waals surface area contributed by atoms with Crippen molar-refractivity contribution in [3.05, 3.63) is 66.0 Å². The molecule has 0 bridgehead atoms. The minimum atomic E-state index is -3.59. The first-order chi connectivity index (χ1) is 15.9. The number of carbonyl (C=O) groups excluding carboxylic acids is 1. The highest BCUT2D eigenvalue weighted by Gasteiger charge is 2.22. The number of morpholine rings is 1. The Morgan fingerprint density at radius 3 is 2.42 bits per heavy atom. The van der Waals surface area contributed by atoms with Gasteiger partial charge in [-0.15, -0.1) is 11.3 Å². The van der Waals surface area contributed by atoms with E-state index >= 15 is 0 Å². The van der Waals surface area contributed by atoms with Crippen LogP contribution in [0.15, 0.2) is 70.3 Å². The molecular weight excluding hydrogens is 462 g/mol. The smallest absolute Gasteiger partial charge is 0.273 e. The van der Waals surface area contributed by atoms with Crippen molar-refractivity contribution in [3.63, 3.8) is 0 Å². The van der Waals surface area contributed by atoms with Crippen LogP contribution in [0.25, 0.3) is 0 Å². The Balaban J connectivity index is 1.29. The lowest BCUT2D eigenvalue weighted by Crippen LogP contribution is -2.36. The summed E-state index contributed by atoms with van der Waals surface area (Å²) in [6.07, 6.45) is 0. The molecule has 0 saturated carbocycles. The van der Waals surface area contributed by atoms with Crippen molar-refractivity contribution in [2.75, 3.05) is 54.5 Å². The fraction of sp³-hybridized carbons (Fsp3) is 0.261. The van der Waals surface area contributed by atoms with Gasteiger partial charge in [-0.25, -0.2) is 8.42 Å². The van der Waals surface area contributed by atoms with Crippen LogP contribution in [-0.2, 0) is 19.6 Å². The maximum atomic E-state index is 12.6. The van der Waals surface area contributed by atoms with Crippen LogP contribution in [0.2, 0.25) is 0 Å². The third kappa shape index (κ3) is 5.65. The fourth-order valence-electron chi connectivity index (χ4n) is 3.36. The Labute approximate surface area is 197 Å². The van der Waals surface area contributed by atoms with E-state index in [2.05, 4.69) is 10.2 Å². The molecule has 2 heterocycles. The number of hydrogen-bond acceptors (Lipinski definition) is 7. The zero-order chi connectivity index (χ0) is 23.3. The largest absolute Gasteiger partial charge is 0.484 e. The van der Waals surface area contributed by atoms with E-state index in [9.17, 15) is 13.2 Å². The number of carbonyl (C=O) groups is 1. The zero-order valence-electron chi connectivity index (χ0n) is 18.1. The summed E-state index contributed by atoms with van der Waals surface area (Å²) in [7, 11) is -2.09. The van der Waals surface area contributed by atoms with Gasteiger partial charge in [0, 0.05) is 31.5 Å². The first-order valence-electron chi connectivity index (χ1n) is 10.4. The van der Waals surface area contributed by atoms with E-state index in [0.717, 1.165) is 32.0 Å². The number of sulfonamides is 1. The van der Waals surface area contributed by atoms with Crippen molar-refractivity contribution in [3.8, 4) is 5.75 Å². The van der Waals surface area contributed by atoms with Gasteiger partial charge in [-0.05, 0) is 60.0 Å². The fourth-order valence-corrected chi connectivity index (χ4v) is 5.72. The van der Waals surface area contributed by atoms with Crippen molar-refractivity contribution in [2.45, 2.75) is 4.21 Å². The molecule has 174 valence electrons. The maximum Gasteiger partial charge on any atom is 0.273 e. The number of nitrogens with zero attached hydrogens (tertiary/aromatic N) is 2. The summed E-state index contributed by atoms with van der Waals surface area (Å²) >= 11 is 1.17. The Hall–Kier alpha value is -3.08. The van der Waals surface area contributed by atoms with Gasteiger partial charge >= 0.3 is 0 Å². The molecule has 4 rings (SSSR count). The van der Waals surface area contributed by atoms with Crippen molar-refractivity contribution >= 4 is 44.3 Å². The molecular formula is C23H25N3O5S2. The molecule has 1 saturated heterocycles. The van der Waals surface area contributed by atoms with Crippen LogP contribution in [0, 0.1) is 0 Å². The van der Waals surface area contributed by atoms with Gasteiger partial charge in [0.05, 0.1) is 18.9 Å². The number of hydrogen-bond donors (Lipinski definition) is 1. The molecule has 0 unspecified atom stereocenters. The molecule has 3 aromatic rings. The lowest BCUT2D eigenvalue weighted by Gasteiger charge is -2.28. The van der Waals surface area contributed by atoms with Crippen LogP contribution in [0.3, 0.4) is 0 Å². The van der Waals surface area contributed by atoms with Gasteiger partial charge < -0.3 is 19.7 Å². The van der Waals surface area contributed by atoms with Gasteiger partial charge in [-0.3, -0.25) is 9.10 Å². The second kappa shape index (κ2) is 10.2. The summed E-state index contributed by atoms with van der Waals surface area (Å²) in [5.41, 5.74) is 2.29. The van der Waals surface area contributed by atoms with Crippen LogP contribution in [0.5, 0.6) is 5.75 Å². The number of nitrogens with one attached hydrogen (secondary N) is 1. The maximum absolute atomic E-state index is 12.6. The quantitative estimate of drug-likeness (QED) is 0.524. The summed E-state index contributed by atoms with van der Waals surface area (Å²) < 4.78 is 37.7. The normalized spacial score (nSPS) is 14.0. The van der Waals surface area contributed by atoms with E-state index in [1.807, 2.05) is 24.3 Å². The molecule has 0 radical (unpaired) electrons. The second-order valence-electron chi connectivity index (χ2n) is 7.38. The number of anilines is 3. The molecule has 1 amide bonds. The van der Waals surface area contributed by atoms with Crippen LogP contribution in [-0.4, -0.2) is 54.3 Å². The molecule has 10 heteroatoms. The standard InChI is InChI=1S/C23H25N3O5S2/c1-25(33(28,29)23-3-2-16-32-23)19-8-10-21(11-9-19)31-17-22(27)24-18-4-6-20(7-5-18)26-12-14-30-15-13-26/h2-11,16H,12-15,17H2,1H3,(H,24,27). The van der Waals surface area contributed by atoms with E-state index in [1.54, 1.807) is 41.8 Å². The average Bonchev–Trinajstić information content (AvgIpc) is 3.40. The van der Waals surface area contributed by atoms with Crippen molar-refractivity contribution in [1.29, 1.82) is 0 Å². The number of amides is 1. The highest BCUT2D eigenvalue weighted by atomic mass is 32.2. The van der Waals surface area contributed by atoms with Crippen molar-refractivity contribution in [1.82, 2.24) is 0 Å². The Bertz CT molecular complexity index is 1160. The number of benzene rings is 2. The van der Waals surface area contributed by atoms with Crippen LogP contribution in [0.1, 0.15) is 0 Å². The summed E-state index contributed by atoms with van der Waals surface area (Å²) in [5.74, 6) is 0.189. The molecule has 1 aliphatic rings. The zero-order valence-corrected chi connectivity index (χ0v) is 19.8. The molecule has 1 aromatic heterocycles. The molecule has 8 nitrogen and oxygen atoms in total. The monoisotopic (exact) mass is 487 g/mol. The van der Waals surface area contributed by atoms with Gasteiger partial charge in [-0.1, -0.05) is 6.07 Å². The SMILES string of the molecule is CN(c1ccc(OCC(=O)Nc2ccc(N3CCOCC3)cc2)cc1)S(=O)(=O)c1cccs1. The Kier molecular flexibility index (Phi) is 7.17. The first-order valence-corrected chi connectivity index (χ1v) is 12.7. The van der Waals surface area contributed by atoms with Gasteiger partial charge in [0.15, 0.2) is 6.61 Å². The summed E-state index contributed by atoms with van der Waals surface area (Å²) in [6.45, 7) is 2.99. The molecule has 1 aliphatic heterocycles. The van der Waals surface area contributed by atoms with Crippen LogP contribution >= 0.6 is 11.3 Å². The average molecular weight is 488 g/mol. The topological polar surface area (TPSA) is 88.2 Å². The van der Waals surface area contributed by atoms with Crippen molar-refractivity contribution < 1.29 is 22.7 Å². The van der Waals surface area contributed by atoms with Crippen LogP contribution < -0.4 is 19.3 Å². The molecule has 1 fully saturated rings. The molecule has 33 heavy (non-hydrogen) atoms. The van der Waals surface area contributed by atoms with E-state index < -0.39 is 10.0 Å². The number of thiophene rings is 1. The Morgan fingerprint density at radius 2 is 1.79 bits per heavy atom. The van der Waals surface area contributed by atoms with E-state index in [1.165, 1.54) is 22.7 Å². The molecule has 0 aliphatic carbocycles. The van der Waals surface area contributed by atoms with E-state index in [4.69, 9.17) is 9.47 Å². The lowest BCUT2D eigenvalue weighted by molar-refractivity contribution is -0.118. The number of rotatable bonds is 8. The third-order valence-electron chi connectivity index (χ3n) is 5.21. The minimum Gasteiger partial charge on any atom is -0.484 e. The second-order valence-corrected chi connectivity index (χ2v) is 10.5. The molecule has 0 atom stereocenters. The lowest BCUT2D eigenvalue weighted by atomic mass is 10.2. The summed E-state index contributed by atoms with van der Waals surface area (Å²) in [6, 6.07) is 17.5.